The van der Waals surface area contributed by atoms with Gasteiger partial charge < -0.3 is 10.0 Å². The van der Waals surface area contributed by atoms with Crippen molar-refractivity contribution >= 4 is 5.97 Å². The zero-order valence-electron chi connectivity index (χ0n) is 10.2. The maximum absolute atomic E-state index is 10.6. The Balaban J connectivity index is 4.29. The Morgan fingerprint density at radius 3 is 1.93 bits per heavy atom. The van der Waals surface area contributed by atoms with Crippen LogP contribution in [0.3, 0.4) is 0 Å². The van der Waals surface area contributed by atoms with E-state index in [4.69, 9.17) is 5.11 Å². The molecule has 0 unspecified atom stereocenters. The molecule has 0 aromatic heterocycles. The molecule has 1 N–H and O–H groups in total. The Labute approximate surface area is 87.1 Å². The number of carbonyl (C=O) groups is 1. The standard InChI is InChI=1S/C11H23NO2/c1-10(2,3)12(6)8-11(4,5)7-9(13)14/h7-8H2,1-6H3,(H,13,14). The molecule has 3 heteroatoms. The van der Waals surface area contributed by atoms with E-state index in [1.165, 1.54) is 0 Å². The topological polar surface area (TPSA) is 40.5 Å². The summed E-state index contributed by atoms with van der Waals surface area (Å²) < 4.78 is 0. The highest BCUT2D eigenvalue weighted by Crippen LogP contribution is 2.24. The highest BCUT2D eigenvalue weighted by molar-refractivity contribution is 5.67. The van der Waals surface area contributed by atoms with Crippen LogP contribution in [-0.2, 0) is 4.79 Å². The third kappa shape index (κ3) is 5.22. The molecule has 0 aromatic rings. The molecule has 0 saturated heterocycles. The van der Waals surface area contributed by atoms with Crippen LogP contribution < -0.4 is 0 Å². The van der Waals surface area contributed by atoms with Crippen LogP contribution in [0.25, 0.3) is 0 Å². The summed E-state index contributed by atoms with van der Waals surface area (Å²) in [6.07, 6.45) is 0.216. The van der Waals surface area contributed by atoms with Crippen molar-refractivity contribution in [2.75, 3.05) is 13.6 Å². The van der Waals surface area contributed by atoms with E-state index in [-0.39, 0.29) is 17.4 Å². The summed E-state index contributed by atoms with van der Waals surface area (Å²) in [4.78, 5) is 12.8. The van der Waals surface area contributed by atoms with Gasteiger partial charge in [-0.3, -0.25) is 4.79 Å². The third-order valence-electron chi connectivity index (χ3n) is 2.44. The van der Waals surface area contributed by atoms with Gasteiger partial charge in [-0.2, -0.15) is 0 Å². The zero-order chi connectivity index (χ0) is 11.6. The van der Waals surface area contributed by atoms with Crippen LogP contribution in [0.15, 0.2) is 0 Å². The van der Waals surface area contributed by atoms with E-state index in [2.05, 4.69) is 25.7 Å². The minimum Gasteiger partial charge on any atom is -0.481 e. The molecule has 0 aliphatic heterocycles. The van der Waals surface area contributed by atoms with E-state index in [1.54, 1.807) is 0 Å². The maximum Gasteiger partial charge on any atom is 0.303 e. The molecule has 0 aliphatic rings. The van der Waals surface area contributed by atoms with Crippen LogP contribution in [-0.4, -0.2) is 35.1 Å². The van der Waals surface area contributed by atoms with Gasteiger partial charge in [-0.05, 0) is 33.2 Å². The Morgan fingerprint density at radius 2 is 1.64 bits per heavy atom. The first-order chi connectivity index (χ1) is 6.04. The summed E-state index contributed by atoms with van der Waals surface area (Å²) in [6, 6.07) is 0. The van der Waals surface area contributed by atoms with Gasteiger partial charge in [0.2, 0.25) is 0 Å². The number of hydrogen-bond acceptors (Lipinski definition) is 2. The maximum atomic E-state index is 10.6. The van der Waals surface area contributed by atoms with Crippen molar-refractivity contribution in [3.8, 4) is 0 Å². The van der Waals surface area contributed by atoms with Gasteiger partial charge in [0.25, 0.3) is 0 Å². The fraction of sp³-hybridized carbons (Fsp3) is 0.909. The number of aliphatic carboxylic acids is 1. The van der Waals surface area contributed by atoms with Crippen LogP contribution in [0.1, 0.15) is 41.0 Å². The van der Waals surface area contributed by atoms with Gasteiger partial charge >= 0.3 is 5.97 Å². The lowest BCUT2D eigenvalue weighted by Gasteiger charge is -2.37. The summed E-state index contributed by atoms with van der Waals surface area (Å²) in [6.45, 7) is 11.2. The molecule has 3 nitrogen and oxygen atoms in total. The second-order valence-corrected chi connectivity index (χ2v) is 5.76. The molecule has 84 valence electrons. The van der Waals surface area contributed by atoms with Gasteiger partial charge in [0, 0.05) is 12.1 Å². The van der Waals surface area contributed by atoms with Gasteiger partial charge in [0.05, 0.1) is 6.42 Å². The van der Waals surface area contributed by atoms with E-state index in [0.29, 0.717) is 0 Å². The van der Waals surface area contributed by atoms with Gasteiger partial charge in [-0.1, -0.05) is 13.8 Å². The summed E-state index contributed by atoms with van der Waals surface area (Å²) in [5, 5.41) is 8.75. The molecule has 0 aliphatic carbocycles. The van der Waals surface area contributed by atoms with Crippen molar-refractivity contribution in [1.82, 2.24) is 4.90 Å². The highest BCUT2D eigenvalue weighted by atomic mass is 16.4. The molecule has 0 amide bonds. The third-order valence-corrected chi connectivity index (χ3v) is 2.44. The van der Waals surface area contributed by atoms with Gasteiger partial charge in [-0.15, -0.1) is 0 Å². The minimum atomic E-state index is -0.725. The molecule has 0 atom stereocenters. The number of nitrogens with zero attached hydrogens (tertiary/aromatic N) is 1. The molecule has 0 aromatic carbocycles. The average Bonchev–Trinajstić information content (AvgIpc) is 1.79. The predicted molar refractivity (Wildman–Crippen MR) is 58.4 cm³/mol. The van der Waals surface area contributed by atoms with Crippen LogP contribution in [0, 0.1) is 5.41 Å². The minimum absolute atomic E-state index is 0.0930. The predicted octanol–water partition coefficient (Wildman–Crippen LogP) is 2.22. The first-order valence-corrected chi connectivity index (χ1v) is 4.98. The van der Waals surface area contributed by atoms with Gasteiger partial charge in [0.1, 0.15) is 0 Å². The molecule has 0 rings (SSSR count). The van der Waals surface area contributed by atoms with E-state index in [1.807, 2.05) is 20.9 Å². The SMILES string of the molecule is CN(CC(C)(C)CC(=O)O)C(C)(C)C. The van der Waals surface area contributed by atoms with Crippen LogP contribution in [0.4, 0.5) is 0 Å². The van der Waals surface area contributed by atoms with Crippen molar-refractivity contribution in [2.24, 2.45) is 5.41 Å². The molecule has 0 spiro atoms. The normalized spacial score (nSPS) is 13.4. The van der Waals surface area contributed by atoms with Crippen LogP contribution in [0.2, 0.25) is 0 Å². The highest BCUT2D eigenvalue weighted by Gasteiger charge is 2.27. The largest absolute Gasteiger partial charge is 0.481 e. The second-order valence-electron chi connectivity index (χ2n) is 5.76. The molecule has 0 radical (unpaired) electrons. The van der Waals surface area contributed by atoms with Crippen molar-refractivity contribution < 1.29 is 9.90 Å². The molecular formula is C11H23NO2. The first-order valence-electron chi connectivity index (χ1n) is 4.98. The van der Waals surface area contributed by atoms with E-state index in [9.17, 15) is 4.79 Å². The molecule has 0 heterocycles. The summed E-state index contributed by atoms with van der Waals surface area (Å²) in [5.41, 5.74) is -0.0797. The lowest BCUT2D eigenvalue weighted by molar-refractivity contribution is -0.139. The average molecular weight is 201 g/mol. The van der Waals surface area contributed by atoms with E-state index in [0.717, 1.165) is 6.54 Å². The smallest absolute Gasteiger partial charge is 0.303 e. The van der Waals surface area contributed by atoms with Crippen molar-refractivity contribution in [1.29, 1.82) is 0 Å². The Kier molecular flexibility index (Phi) is 4.13. The summed E-state index contributed by atoms with van der Waals surface area (Å²) in [5.74, 6) is -0.725. The van der Waals surface area contributed by atoms with E-state index < -0.39 is 5.97 Å². The van der Waals surface area contributed by atoms with Crippen molar-refractivity contribution in [3.63, 3.8) is 0 Å². The zero-order valence-corrected chi connectivity index (χ0v) is 10.2. The first kappa shape index (κ1) is 13.4. The number of carboxylic acids is 1. The number of rotatable bonds is 4. The molecule has 14 heavy (non-hydrogen) atoms. The number of carboxylic acid groups (broad SMARTS) is 1. The monoisotopic (exact) mass is 201 g/mol. The van der Waals surface area contributed by atoms with Gasteiger partial charge in [-0.25, -0.2) is 0 Å². The molecule has 0 saturated carbocycles. The quantitative estimate of drug-likeness (QED) is 0.758. The Bertz CT molecular complexity index is 204. The summed E-state index contributed by atoms with van der Waals surface area (Å²) in [7, 11) is 2.03. The molecule has 0 fully saturated rings. The Hall–Kier alpha value is -0.570. The molecule has 0 bridgehead atoms. The number of hydrogen-bond donors (Lipinski definition) is 1. The van der Waals surface area contributed by atoms with Gasteiger partial charge in [0.15, 0.2) is 0 Å². The molecular weight excluding hydrogens is 178 g/mol. The van der Waals surface area contributed by atoms with Crippen molar-refractivity contribution in [3.05, 3.63) is 0 Å². The summed E-state index contributed by atoms with van der Waals surface area (Å²) >= 11 is 0. The lowest BCUT2D eigenvalue weighted by Crippen LogP contribution is -2.44. The van der Waals surface area contributed by atoms with Crippen molar-refractivity contribution in [2.45, 2.75) is 46.6 Å². The van der Waals surface area contributed by atoms with Crippen LogP contribution >= 0.6 is 0 Å². The van der Waals surface area contributed by atoms with E-state index >= 15 is 0 Å². The fourth-order valence-corrected chi connectivity index (χ4v) is 1.34. The second kappa shape index (κ2) is 4.30. The Morgan fingerprint density at radius 1 is 1.21 bits per heavy atom. The lowest BCUT2D eigenvalue weighted by atomic mass is 9.87. The fourth-order valence-electron chi connectivity index (χ4n) is 1.34. The van der Waals surface area contributed by atoms with Crippen LogP contribution in [0.5, 0.6) is 0 Å².